The van der Waals surface area contributed by atoms with Gasteiger partial charge in [-0.25, -0.2) is 13.1 Å². The van der Waals surface area contributed by atoms with Gasteiger partial charge in [0, 0.05) is 10.2 Å². The zero-order chi connectivity index (χ0) is 21.3. The summed E-state index contributed by atoms with van der Waals surface area (Å²) < 4.78 is 28.2. The van der Waals surface area contributed by atoms with Crippen LogP contribution < -0.4 is 5.32 Å². The van der Waals surface area contributed by atoms with Gasteiger partial charge in [0.05, 0.1) is 21.5 Å². The van der Waals surface area contributed by atoms with Gasteiger partial charge in [-0.05, 0) is 56.2 Å². The van der Waals surface area contributed by atoms with Crippen LogP contribution >= 0.6 is 15.9 Å². The van der Waals surface area contributed by atoms with Crippen LogP contribution in [0.4, 0.5) is 5.69 Å². The van der Waals surface area contributed by atoms with Crippen LogP contribution in [0.15, 0.2) is 57.9 Å². The van der Waals surface area contributed by atoms with Crippen LogP contribution in [0.1, 0.15) is 41.9 Å². The van der Waals surface area contributed by atoms with Gasteiger partial charge in [-0.2, -0.15) is 0 Å². The van der Waals surface area contributed by atoms with E-state index < -0.39 is 15.7 Å². The Labute approximate surface area is 183 Å². The highest BCUT2D eigenvalue weighted by atomic mass is 79.9. The Morgan fingerprint density at radius 2 is 1.87 bits per heavy atom. The van der Waals surface area contributed by atoms with Crippen molar-refractivity contribution in [3.8, 4) is 5.69 Å². The van der Waals surface area contributed by atoms with E-state index in [1.165, 1.54) is 6.07 Å². The SMILES string of the molecule is Cc1c(C(=O)Nc2cccc(S(=O)(=O)C3CCCC3)c2)nnn1-c1cccc(Br)c1. The summed E-state index contributed by atoms with van der Waals surface area (Å²) in [6.07, 6.45) is 3.26. The van der Waals surface area contributed by atoms with Gasteiger partial charge in [0.15, 0.2) is 15.5 Å². The van der Waals surface area contributed by atoms with E-state index in [2.05, 4.69) is 31.6 Å². The minimum absolute atomic E-state index is 0.180. The van der Waals surface area contributed by atoms with E-state index in [9.17, 15) is 13.2 Å². The number of rotatable bonds is 5. The van der Waals surface area contributed by atoms with Crippen LogP contribution in [0.5, 0.6) is 0 Å². The molecule has 3 aromatic rings. The molecule has 2 aromatic carbocycles. The van der Waals surface area contributed by atoms with Crippen LogP contribution in [-0.2, 0) is 9.84 Å². The Hall–Kier alpha value is -2.52. The fourth-order valence-corrected chi connectivity index (χ4v) is 6.01. The number of nitrogens with one attached hydrogen (secondary N) is 1. The maximum absolute atomic E-state index is 12.8. The summed E-state index contributed by atoms with van der Waals surface area (Å²) >= 11 is 3.42. The minimum Gasteiger partial charge on any atom is -0.320 e. The van der Waals surface area contributed by atoms with Gasteiger partial charge >= 0.3 is 0 Å². The molecule has 1 amide bonds. The van der Waals surface area contributed by atoms with E-state index in [0.717, 1.165) is 23.0 Å². The van der Waals surface area contributed by atoms with Gasteiger partial charge < -0.3 is 5.32 Å². The number of nitrogens with zero attached hydrogens (tertiary/aromatic N) is 3. The summed E-state index contributed by atoms with van der Waals surface area (Å²) in [5.74, 6) is -0.441. The van der Waals surface area contributed by atoms with Crippen molar-refractivity contribution in [2.45, 2.75) is 42.8 Å². The molecule has 0 spiro atoms. The second-order valence-electron chi connectivity index (χ2n) is 7.35. The first kappa shape index (κ1) is 20.7. The molecule has 1 N–H and O–H groups in total. The second-order valence-corrected chi connectivity index (χ2v) is 10.5. The van der Waals surface area contributed by atoms with E-state index in [1.807, 2.05) is 24.3 Å². The average molecular weight is 489 g/mol. The van der Waals surface area contributed by atoms with Gasteiger partial charge in [-0.15, -0.1) is 5.10 Å². The van der Waals surface area contributed by atoms with Crippen LogP contribution in [0.25, 0.3) is 5.69 Å². The number of carbonyl (C=O) groups excluding carboxylic acids is 1. The maximum Gasteiger partial charge on any atom is 0.278 e. The summed E-state index contributed by atoms with van der Waals surface area (Å²) in [5.41, 5.74) is 1.95. The van der Waals surface area contributed by atoms with Crippen molar-refractivity contribution in [3.05, 3.63) is 64.4 Å². The molecule has 0 atom stereocenters. The average Bonchev–Trinajstić information content (AvgIpc) is 3.38. The fourth-order valence-electron chi connectivity index (χ4n) is 3.72. The Morgan fingerprint density at radius 3 is 2.60 bits per heavy atom. The molecule has 1 fully saturated rings. The van der Waals surface area contributed by atoms with Crippen molar-refractivity contribution in [2.75, 3.05) is 5.32 Å². The van der Waals surface area contributed by atoms with Gasteiger partial charge in [-0.1, -0.05) is 46.1 Å². The first-order valence-electron chi connectivity index (χ1n) is 9.70. The molecular formula is C21H21BrN4O3S. The molecule has 30 heavy (non-hydrogen) atoms. The van der Waals surface area contributed by atoms with Crippen LogP contribution in [0.2, 0.25) is 0 Å². The van der Waals surface area contributed by atoms with Crippen LogP contribution in [0.3, 0.4) is 0 Å². The lowest BCUT2D eigenvalue weighted by Crippen LogP contribution is -2.18. The molecule has 1 aromatic heterocycles. The van der Waals surface area contributed by atoms with Gasteiger partial charge in [-0.3, -0.25) is 4.79 Å². The number of hydrogen-bond donors (Lipinski definition) is 1. The molecule has 9 heteroatoms. The number of amides is 1. The molecule has 4 rings (SSSR count). The number of halogens is 1. The Morgan fingerprint density at radius 1 is 1.13 bits per heavy atom. The summed E-state index contributed by atoms with van der Waals surface area (Å²) in [4.78, 5) is 13.0. The minimum atomic E-state index is -3.39. The number of hydrogen-bond acceptors (Lipinski definition) is 5. The molecule has 156 valence electrons. The lowest BCUT2D eigenvalue weighted by Gasteiger charge is -2.12. The van der Waals surface area contributed by atoms with Crippen LogP contribution in [-0.4, -0.2) is 34.6 Å². The fraction of sp³-hybridized carbons (Fsp3) is 0.286. The predicted octanol–water partition coefficient (Wildman–Crippen LogP) is 4.31. The Kier molecular flexibility index (Phi) is 5.75. The monoisotopic (exact) mass is 488 g/mol. The zero-order valence-electron chi connectivity index (χ0n) is 16.4. The summed E-state index contributed by atoms with van der Waals surface area (Å²) in [6, 6.07) is 13.9. The normalized spacial score (nSPS) is 14.7. The number of aromatic nitrogens is 3. The molecule has 0 radical (unpaired) electrons. The zero-order valence-corrected chi connectivity index (χ0v) is 18.8. The van der Waals surface area contributed by atoms with Gasteiger partial charge in [0.1, 0.15) is 0 Å². The second kappa shape index (κ2) is 8.31. The third kappa shape index (κ3) is 4.04. The molecule has 1 saturated carbocycles. The number of anilines is 1. The highest BCUT2D eigenvalue weighted by Crippen LogP contribution is 2.30. The molecular weight excluding hydrogens is 468 g/mol. The summed E-state index contributed by atoms with van der Waals surface area (Å²) in [7, 11) is -3.39. The molecule has 1 heterocycles. The number of sulfone groups is 1. The van der Waals surface area contributed by atoms with E-state index in [0.29, 0.717) is 24.2 Å². The molecule has 1 aliphatic carbocycles. The lowest BCUT2D eigenvalue weighted by molar-refractivity contribution is 0.102. The molecule has 0 saturated heterocycles. The Balaban J connectivity index is 1.57. The first-order valence-corrected chi connectivity index (χ1v) is 12.0. The highest BCUT2D eigenvalue weighted by molar-refractivity contribution is 9.10. The number of carbonyl (C=O) groups is 1. The predicted molar refractivity (Wildman–Crippen MR) is 118 cm³/mol. The molecule has 7 nitrogen and oxygen atoms in total. The molecule has 0 aliphatic heterocycles. The van der Waals surface area contributed by atoms with Gasteiger partial charge in [0.2, 0.25) is 0 Å². The first-order chi connectivity index (χ1) is 14.4. The quantitative estimate of drug-likeness (QED) is 0.577. The van der Waals surface area contributed by atoms with Crippen molar-refractivity contribution in [1.82, 2.24) is 15.0 Å². The Bertz CT molecular complexity index is 1200. The van der Waals surface area contributed by atoms with Gasteiger partial charge in [0.25, 0.3) is 5.91 Å². The van der Waals surface area contributed by atoms with Crippen molar-refractivity contribution in [3.63, 3.8) is 0 Å². The third-order valence-corrected chi connectivity index (χ3v) is 8.08. The van der Waals surface area contributed by atoms with E-state index in [4.69, 9.17) is 0 Å². The van der Waals surface area contributed by atoms with Crippen molar-refractivity contribution < 1.29 is 13.2 Å². The smallest absolute Gasteiger partial charge is 0.278 e. The standard InChI is InChI=1S/C21H21BrN4O3S/c1-14-20(24-25-26(14)17-8-4-6-15(22)12-17)21(27)23-16-7-5-11-19(13-16)30(28,29)18-9-2-3-10-18/h4-8,11-13,18H,2-3,9-10H2,1H3,(H,23,27). The maximum atomic E-state index is 12.8. The van der Waals surface area contributed by atoms with Crippen molar-refractivity contribution in [2.24, 2.45) is 0 Å². The molecule has 0 bridgehead atoms. The summed E-state index contributed by atoms with van der Waals surface area (Å²) in [6.45, 7) is 1.76. The van der Waals surface area contributed by atoms with E-state index in [1.54, 1.807) is 29.8 Å². The lowest BCUT2D eigenvalue weighted by atomic mass is 10.2. The van der Waals surface area contributed by atoms with E-state index in [-0.39, 0.29) is 15.8 Å². The van der Waals surface area contributed by atoms with E-state index >= 15 is 0 Å². The number of benzene rings is 2. The van der Waals surface area contributed by atoms with Crippen LogP contribution in [0, 0.1) is 6.92 Å². The topological polar surface area (TPSA) is 93.9 Å². The molecule has 0 unspecified atom stereocenters. The van der Waals surface area contributed by atoms with Crippen molar-refractivity contribution in [1.29, 1.82) is 0 Å². The molecule has 1 aliphatic rings. The summed E-state index contributed by atoms with van der Waals surface area (Å²) in [5, 5.41) is 10.5. The van der Waals surface area contributed by atoms with Crippen molar-refractivity contribution >= 4 is 37.4 Å². The largest absolute Gasteiger partial charge is 0.320 e. The third-order valence-electron chi connectivity index (χ3n) is 5.32. The highest BCUT2D eigenvalue weighted by Gasteiger charge is 2.30.